The largest absolute Gasteiger partial charge is 0.350 e. The van der Waals surface area contributed by atoms with Gasteiger partial charge in [-0.2, -0.15) is 0 Å². The number of hydrogen-bond acceptors (Lipinski definition) is 2. The van der Waals surface area contributed by atoms with E-state index in [1.54, 1.807) is 0 Å². The number of carbonyl (C=O) groups is 1. The minimum Gasteiger partial charge on any atom is -0.350 e. The molecular formula is C27H26N2O. The van der Waals surface area contributed by atoms with E-state index in [1.165, 1.54) is 5.56 Å². The lowest BCUT2D eigenvalue weighted by Gasteiger charge is -2.16. The average Bonchev–Trinajstić information content (AvgIpc) is 2.78. The van der Waals surface area contributed by atoms with Crippen LogP contribution < -0.4 is 5.32 Å². The number of para-hydroxylation sites is 1. The Bertz CT molecular complexity index is 1150. The van der Waals surface area contributed by atoms with Gasteiger partial charge in [0.05, 0.1) is 11.1 Å². The van der Waals surface area contributed by atoms with Crippen molar-refractivity contribution in [1.82, 2.24) is 10.3 Å². The number of pyridine rings is 1. The Labute approximate surface area is 177 Å². The molecule has 30 heavy (non-hydrogen) atoms. The first-order valence-electron chi connectivity index (χ1n) is 10.4. The molecule has 0 bridgehead atoms. The number of amides is 1. The number of nitrogens with zero attached hydrogens (tertiary/aromatic N) is 1. The lowest BCUT2D eigenvalue weighted by molar-refractivity contribution is 0.0940. The van der Waals surface area contributed by atoms with Gasteiger partial charge in [0.15, 0.2) is 0 Å². The minimum atomic E-state index is -0.0451. The molecule has 0 aliphatic heterocycles. The van der Waals surface area contributed by atoms with Gasteiger partial charge in [-0.15, -0.1) is 0 Å². The third-order valence-corrected chi connectivity index (χ3v) is 5.38. The maximum absolute atomic E-state index is 13.1. The molecule has 0 aliphatic rings. The zero-order valence-corrected chi connectivity index (χ0v) is 17.4. The predicted molar refractivity (Wildman–Crippen MR) is 124 cm³/mol. The maximum Gasteiger partial charge on any atom is 0.252 e. The molecule has 4 aromatic rings. The molecule has 1 atom stereocenters. The van der Waals surface area contributed by atoms with Gasteiger partial charge >= 0.3 is 0 Å². The van der Waals surface area contributed by atoms with E-state index in [0.29, 0.717) is 5.56 Å². The first kappa shape index (κ1) is 19.8. The van der Waals surface area contributed by atoms with E-state index in [-0.39, 0.29) is 11.9 Å². The van der Waals surface area contributed by atoms with Gasteiger partial charge in [0.1, 0.15) is 0 Å². The highest BCUT2D eigenvalue weighted by Crippen LogP contribution is 2.29. The van der Waals surface area contributed by atoms with Gasteiger partial charge in [0, 0.05) is 22.7 Å². The van der Waals surface area contributed by atoms with E-state index in [2.05, 4.69) is 54.7 Å². The van der Waals surface area contributed by atoms with E-state index in [4.69, 9.17) is 4.98 Å². The minimum absolute atomic E-state index is 0.0451. The number of aromatic nitrogens is 1. The van der Waals surface area contributed by atoms with Gasteiger partial charge in [-0.1, -0.05) is 78.9 Å². The standard InChI is InChI=1S/C27H26N2O/c1-19(16-17-21-10-5-3-6-11-21)29-27(30)25-18-20(2)28-26-23(14-9-15-24(25)26)22-12-7-4-8-13-22/h3-15,18-19H,16-17H2,1-2H3,(H,29,30)/t19-/m0/s1. The Kier molecular flexibility index (Phi) is 5.89. The molecule has 1 heterocycles. The van der Waals surface area contributed by atoms with Crippen LogP contribution in [0.25, 0.3) is 22.0 Å². The molecule has 0 saturated carbocycles. The summed E-state index contributed by atoms with van der Waals surface area (Å²) in [5, 5.41) is 4.06. The Morgan fingerprint density at radius 1 is 0.933 bits per heavy atom. The molecule has 3 heteroatoms. The molecule has 1 amide bonds. The number of nitrogens with one attached hydrogen (secondary N) is 1. The normalized spacial score (nSPS) is 11.9. The molecule has 3 aromatic carbocycles. The highest BCUT2D eigenvalue weighted by Gasteiger charge is 2.16. The van der Waals surface area contributed by atoms with Gasteiger partial charge in [-0.05, 0) is 43.9 Å². The Balaban J connectivity index is 1.60. The molecule has 0 aliphatic carbocycles. The highest BCUT2D eigenvalue weighted by molar-refractivity contribution is 6.09. The summed E-state index contributed by atoms with van der Waals surface area (Å²) in [7, 11) is 0. The van der Waals surface area contributed by atoms with Crippen LogP contribution in [0.4, 0.5) is 0 Å². The summed E-state index contributed by atoms with van der Waals surface area (Å²) in [5.74, 6) is -0.0451. The zero-order valence-electron chi connectivity index (χ0n) is 17.4. The maximum atomic E-state index is 13.1. The number of fused-ring (bicyclic) bond motifs is 1. The third kappa shape index (κ3) is 4.41. The molecule has 0 radical (unpaired) electrons. The van der Waals surface area contributed by atoms with Gasteiger partial charge in [0.25, 0.3) is 5.91 Å². The van der Waals surface area contributed by atoms with E-state index in [1.807, 2.05) is 49.4 Å². The van der Waals surface area contributed by atoms with Crippen LogP contribution >= 0.6 is 0 Å². The molecule has 0 fully saturated rings. The van der Waals surface area contributed by atoms with Crippen molar-refractivity contribution >= 4 is 16.8 Å². The van der Waals surface area contributed by atoms with Crippen molar-refractivity contribution in [3.63, 3.8) is 0 Å². The Morgan fingerprint density at radius 3 is 2.37 bits per heavy atom. The van der Waals surface area contributed by atoms with Gasteiger partial charge in [-0.25, -0.2) is 0 Å². The quantitative estimate of drug-likeness (QED) is 0.438. The van der Waals surface area contributed by atoms with Crippen molar-refractivity contribution in [2.45, 2.75) is 32.7 Å². The predicted octanol–water partition coefficient (Wildman–Crippen LogP) is 5.96. The van der Waals surface area contributed by atoms with Crippen LogP contribution in [0.5, 0.6) is 0 Å². The van der Waals surface area contributed by atoms with Crippen LogP contribution in [0.2, 0.25) is 0 Å². The Morgan fingerprint density at radius 2 is 1.63 bits per heavy atom. The fourth-order valence-electron chi connectivity index (χ4n) is 3.82. The van der Waals surface area contributed by atoms with Crippen molar-refractivity contribution in [3.8, 4) is 11.1 Å². The SMILES string of the molecule is Cc1cc(C(=O)N[C@@H](C)CCc2ccccc2)c2cccc(-c3ccccc3)c2n1. The topological polar surface area (TPSA) is 42.0 Å². The lowest BCUT2D eigenvalue weighted by Crippen LogP contribution is -2.33. The van der Waals surface area contributed by atoms with Crippen molar-refractivity contribution in [3.05, 3.63) is 102 Å². The molecule has 3 nitrogen and oxygen atoms in total. The van der Waals surface area contributed by atoms with Crippen LogP contribution in [-0.4, -0.2) is 16.9 Å². The summed E-state index contributed by atoms with van der Waals surface area (Å²) < 4.78 is 0. The summed E-state index contributed by atoms with van der Waals surface area (Å²) in [5.41, 5.74) is 5.82. The van der Waals surface area contributed by atoms with Crippen LogP contribution in [0.15, 0.2) is 84.9 Å². The van der Waals surface area contributed by atoms with Gasteiger partial charge < -0.3 is 5.32 Å². The number of benzene rings is 3. The molecule has 0 saturated heterocycles. The second-order valence-electron chi connectivity index (χ2n) is 7.78. The molecule has 150 valence electrons. The van der Waals surface area contributed by atoms with E-state index < -0.39 is 0 Å². The average molecular weight is 395 g/mol. The van der Waals surface area contributed by atoms with Crippen molar-refractivity contribution in [1.29, 1.82) is 0 Å². The summed E-state index contributed by atoms with van der Waals surface area (Å²) in [6.07, 6.45) is 1.84. The summed E-state index contributed by atoms with van der Waals surface area (Å²) >= 11 is 0. The van der Waals surface area contributed by atoms with Crippen LogP contribution in [-0.2, 0) is 6.42 Å². The molecule has 4 rings (SSSR count). The fourth-order valence-corrected chi connectivity index (χ4v) is 3.82. The monoisotopic (exact) mass is 394 g/mol. The number of rotatable bonds is 6. The van der Waals surface area contributed by atoms with Crippen molar-refractivity contribution < 1.29 is 4.79 Å². The Hall–Kier alpha value is -3.46. The van der Waals surface area contributed by atoms with E-state index >= 15 is 0 Å². The fraction of sp³-hybridized carbons (Fsp3) is 0.185. The van der Waals surface area contributed by atoms with E-state index in [0.717, 1.165) is 40.6 Å². The molecule has 1 N–H and O–H groups in total. The summed E-state index contributed by atoms with van der Waals surface area (Å²) in [6.45, 7) is 4.00. The van der Waals surface area contributed by atoms with Crippen molar-refractivity contribution in [2.24, 2.45) is 0 Å². The summed E-state index contributed by atoms with van der Waals surface area (Å²) in [6, 6.07) is 28.6. The number of carbonyl (C=O) groups excluding carboxylic acids is 1. The third-order valence-electron chi connectivity index (χ3n) is 5.38. The lowest BCUT2D eigenvalue weighted by atomic mass is 9.98. The number of aryl methyl sites for hydroxylation is 2. The molecular weight excluding hydrogens is 368 g/mol. The smallest absolute Gasteiger partial charge is 0.252 e. The van der Waals surface area contributed by atoms with E-state index in [9.17, 15) is 4.79 Å². The van der Waals surface area contributed by atoms with Crippen molar-refractivity contribution in [2.75, 3.05) is 0 Å². The second-order valence-corrected chi connectivity index (χ2v) is 7.78. The first-order valence-corrected chi connectivity index (χ1v) is 10.4. The summed E-state index contributed by atoms with van der Waals surface area (Å²) in [4.78, 5) is 17.9. The zero-order chi connectivity index (χ0) is 20.9. The van der Waals surface area contributed by atoms with Gasteiger partial charge in [0.2, 0.25) is 0 Å². The van der Waals surface area contributed by atoms with Gasteiger partial charge in [-0.3, -0.25) is 9.78 Å². The van der Waals surface area contributed by atoms with Crippen LogP contribution in [0.1, 0.15) is 35.0 Å². The van der Waals surface area contributed by atoms with Crippen LogP contribution in [0, 0.1) is 6.92 Å². The molecule has 0 spiro atoms. The molecule has 1 aromatic heterocycles. The molecule has 0 unspecified atom stereocenters. The second kappa shape index (κ2) is 8.91. The highest BCUT2D eigenvalue weighted by atomic mass is 16.1. The first-order chi connectivity index (χ1) is 14.6. The van der Waals surface area contributed by atoms with Crippen LogP contribution in [0.3, 0.4) is 0 Å². The number of hydrogen-bond donors (Lipinski definition) is 1.